The summed E-state index contributed by atoms with van der Waals surface area (Å²) in [5, 5.41) is 6.49. The predicted octanol–water partition coefficient (Wildman–Crippen LogP) is 3.26. The Kier molecular flexibility index (Phi) is 6.64. The Balaban J connectivity index is 2.16. The van der Waals surface area contributed by atoms with Gasteiger partial charge in [-0.15, -0.1) is 11.3 Å². The first-order chi connectivity index (χ1) is 12.4. The molecule has 0 amide bonds. The molecule has 0 aliphatic rings. The lowest BCUT2D eigenvalue weighted by molar-refractivity contribution is 0.0601. The second-order valence-electron chi connectivity index (χ2n) is 5.18. The Labute approximate surface area is 159 Å². The molecule has 1 aromatic carbocycles. The van der Waals surface area contributed by atoms with Crippen molar-refractivity contribution in [3.63, 3.8) is 0 Å². The number of carbonyl (C=O) groups is 2. The van der Waals surface area contributed by atoms with Gasteiger partial charge in [0.25, 0.3) is 0 Å². The molecule has 0 saturated heterocycles. The van der Waals surface area contributed by atoms with Gasteiger partial charge in [-0.1, -0.05) is 12.1 Å². The molecular weight excluding hydrogens is 379 g/mol. The summed E-state index contributed by atoms with van der Waals surface area (Å²) in [5.41, 5.74) is 1.52. The zero-order chi connectivity index (χ0) is 19.3. The van der Waals surface area contributed by atoms with Gasteiger partial charge in [0, 0.05) is 6.54 Å². The van der Waals surface area contributed by atoms with Crippen molar-refractivity contribution in [1.82, 2.24) is 5.32 Å². The fraction of sp³-hybridized carbons (Fsp3) is 0.235. The molecule has 9 heteroatoms. The van der Waals surface area contributed by atoms with Crippen molar-refractivity contribution in [2.75, 3.05) is 19.5 Å². The molecule has 0 aliphatic carbocycles. The van der Waals surface area contributed by atoms with Crippen LogP contribution < -0.4 is 10.6 Å². The van der Waals surface area contributed by atoms with E-state index < -0.39 is 11.9 Å². The van der Waals surface area contributed by atoms with E-state index in [2.05, 4.69) is 10.6 Å². The third kappa shape index (κ3) is 4.55. The highest BCUT2D eigenvalue weighted by molar-refractivity contribution is 7.80. The van der Waals surface area contributed by atoms with E-state index in [0.29, 0.717) is 17.1 Å². The predicted molar refractivity (Wildman–Crippen MR) is 101 cm³/mol. The molecule has 6 nitrogen and oxygen atoms in total. The molecule has 0 atom stereocenters. The first-order valence-electron chi connectivity index (χ1n) is 7.46. The van der Waals surface area contributed by atoms with Gasteiger partial charge in [-0.3, -0.25) is 0 Å². The number of esters is 2. The Morgan fingerprint density at radius 1 is 1.15 bits per heavy atom. The van der Waals surface area contributed by atoms with Gasteiger partial charge in [0.05, 0.1) is 19.8 Å². The lowest BCUT2D eigenvalue weighted by Gasteiger charge is -2.10. The number of thiophene rings is 1. The van der Waals surface area contributed by atoms with Gasteiger partial charge in [-0.05, 0) is 42.4 Å². The molecule has 0 spiro atoms. The monoisotopic (exact) mass is 396 g/mol. The summed E-state index contributed by atoms with van der Waals surface area (Å²) < 4.78 is 22.4. The molecule has 2 aromatic rings. The normalized spacial score (nSPS) is 10.2. The van der Waals surface area contributed by atoms with E-state index in [4.69, 9.17) is 21.7 Å². The number of methoxy groups -OCH3 is 2. The molecule has 0 radical (unpaired) electrons. The molecule has 1 aromatic heterocycles. The topological polar surface area (TPSA) is 76.7 Å². The summed E-state index contributed by atoms with van der Waals surface area (Å²) in [6.07, 6.45) is 0. The molecule has 26 heavy (non-hydrogen) atoms. The van der Waals surface area contributed by atoms with Crippen molar-refractivity contribution in [2.24, 2.45) is 0 Å². The molecule has 2 rings (SSSR count). The molecule has 0 aliphatic heterocycles. The Hall–Kier alpha value is -2.52. The van der Waals surface area contributed by atoms with Crippen LogP contribution in [0, 0.1) is 12.7 Å². The SMILES string of the molecule is COC(=O)c1sc(NC(=S)NCc2ccc(F)cc2)c(C(=O)OC)c1C. The van der Waals surface area contributed by atoms with Gasteiger partial charge in [-0.2, -0.15) is 0 Å². The molecular formula is C17H17FN2O4S2. The zero-order valence-corrected chi connectivity index (χ0v) is 16.0. The summed E-state index contributed by atoms with van der Waals surface area (Å²) in [7, 11) is 2.52. The third-order valence-electron chi connectivity index (χ3n) is 3.50. The second-order valence-corrected chi connectivity index (χ2v) is 6.61. The number of carbonyl (C=O) groups excluding carboxylic acids is 2. The van der Waals surface area contributed by atoms with Crippen LogP contribution in [-0.2, 0) is 16.0 Å². The number of rotatable bonds is 5. The first kappa shape index (κ1) is 19.8. The van der Waals surface area contributed by atoms with Crippen LogP contribution >= 0.6 is 23.6 Å². The summed E-state index contributed by atoms with van der Waals surface area (Å²) >= 11 is 6.28. The lowest BCUT2D eigenvalue weighted by atomic mass is 10.1. The molecule has 0 saturated carbocycles. The average Bonchev–Trinajstić information content (AvgIpc) is 2.96. The highest BCUT2D eigenvalue weighted by Gasteiger charge is 2.26. The minimum atomic E-state index is -0.585. The van der Waals surface area contributed by atoms with Crippen LogP contribution in [0.2, 0.25) is 0 Å². The zero-order valence-electron chi connectivity index (χ0n) is 14.3. The maximum atomic E-state index is 12.9. The number of halogens is 1. The number of hydrogen-bond acceptors (Lipinski definition) is 6. The summed E-state index contributed by atoms with van der Waals surface area (Å²) in [4.78, 5) is 24.2. The van der Waals surface area contributed by atoms with Gasteiger partial charge < -0.3 is 20.1 Å². The quantitative estimate of drug-likeness (QED) is 0.593. The van der Waals surface area contributed by atoms with Gasteiger partial charge in [0.15, 0.2) is 5.11 Å². The van der Waals surface area contributed by atoms with Crippen molar-refractivity contribution in [3.05, 3.63) is 51.7 Å². The van der Waals surface area contributed by atoms with Crippen LogP contribution in [0.15, 0.2) is 24.3 Å². The van der Waals surface area contributed by atoms with Crippen molar-refractivity contribution < 1.29 is 23.5 Å². The standard InChI is InChI=1S/C17H17FN2O4S2/c1-9-12(15(21)23-2)14(26-13(9)16(22)24-3)20-17(25)19-8-10-4-6-11(18)7-5-10/h4-7H,8H2,1-3H3,(H2,19,20,25). The summed E-state index contributed by atoms with van der Waals surface area (Å²) in [6, 6.07) is 5.98. The molecule has 1 heterocycles. The van der Waals surface area contributed by atoms with E-state index in [-0.39, 0.29) is 21.4 Å². The van der Waals surface area contributed by atoms with E-state index >= 15 is 0 Å². The molecule has 138 valence electrons. The molecule has 2 N–H and O–H groups in total. The van der Waals surface area contributed by atoms with Crippen LogP contribution in [-0.4, -0.2) is 31.3 Å². The van der Waals surface area contributed by atoms with Gasteiger partial charge in [-0.25, -0.2) is 14.0 Å². The minimum Gasteiger partial charge on any atom is -0.465 e. The van der Waals surface area contributed by atoms with Crippen molar-refractivity contribution in [2.45, 2.75) is 13.5 Å². The van der Waals surface area contributed by atoms with E-state index in [9.17, 15) is 14.0 Å². The van der Waals surface area contributed by atoms with Gasteiger partial charge in [0.2, 0.25) is 0 Å². The Morgan fingerprint density at radius 3 is 2.35 bits per heavy atom. The highest BCUT2D eigenvalue weighted by atomic mass is 32.1. The number of nitrogens with one attached hydrogen (secondary N) is 2. The largest absolute Gasteiger partial charge is 0.465 e. The van der Waals surface area contributed by atoms with Crippen LogP contribution in [0.4, 0.5) is 9.39 Å². The van der Waals surface area contributed by atoms with Crippen molar-refractivity contribution in [3.8, 4) is 0 Å². The third-order valence-corrected chi connectivity index (χ3v) is 4.93. The number of thiocarbonyl (C=S) groups is 1. The average molecular weight is 396 g/mol. The van der Waals surface area contributed by atoms with Crippen LogP contribution in [0.5, 0.6) is 0 Å². The van der Waals surface area contributed by atoms with E-state index in [0.717, 1.165) is 16.9 Å². The fourth-order valence-electron chi connectivity index (χ4n) is 2.17. The number of anilines is 1. The van der Waals surface area contributed by atoms with Crippen molar-refractivity contribution in [1.29, 1.82) is 0 Å². The first-order valence-corrected chi connectivity index (χ1v) is 8.69. The maximum Gasteiger partial charge on any atom is 0.348 e. The summed E-state index contributed by atoms with van der Waals surface area (Å²) in [6.45, 7) is 2.00. The molecule has 0 unspecified atom stereocenters. The number of hydrogen-bond donors (Lipinski definition) is 2. The van der Waals surface area contributed by atoms with Crippen LogP contribution in [0.3, 0.4) is 0 Å². The number of benzene rings is 1. The molecule has 0 bridgehead atoms. The van der Waals surface area contributed by atoms with E-state index in [1.54, 1.807) is 19.1 Å². The maximum absolute atomic E-state index is 12.9. The van der Waals surface area contributed by atoms with Crippen LogP contribution in [0.25, 0.3) is 0 Å². The van der Waals surface area contributed by atoms with Gasteiger partial charge in [0.1, 0.15) is 15.7 Å². The van der Waals surface area contributed by atoms with Crippen molar-refractivity contribution >= 4 is 45.6 Å². The molecule has 0 fully saturated rings. The van der Waals surface area contributed by atoms with Crippen LogP contribution in [0.1, 0.15) is 31.2 Å². The minimum absolute atomic E-state index is 0.226. The Morgan fingerprint density at radius 2 is 1.77 bits per heavy atom. The van der Waals surface area contributed by atoms with E-state index in [1.165, 1.54) is 26.4 Å². The smallest absolute Gasteiger partial charge is 0.348 e. The highest BCUT2D eigenvalue weighted by Crippen LogP contribution is 2.34. The second kappa shape index (κ2) is 8.72. The number of ether oxygens (including phenoxy) is 2. The Bertz CT molecular complexity index is 834. The van der Waals surface area contributed by atoms with E-state index in [1.807, 2.05) is 0 Å². The lowest BCUT2D eigenvalue weighted by Crippen LogP contribution is -2.28. The van der Waals surface area contributed by atoms with Gasteiger partial charge >= 0.3 is 11.9 Å². The fourth-order valence-corrected chi connectivity index (χ4v) is 3.53. The summed E-state index contributed by atoms with van der Waals surface area (Å²) in [5.74, 6) is -1.45.